The van der Waals surface area contributed by atoms with Crippen LogP contribution in [0.25, 0.3) is 0 Å². The Bertz CT molecular complexity index is 688. The molecule has 102 valence electrons. The van der Waals surface area contributed by atoms with Crippen molar-refractivity contribution in [2.75, 3.05) is 5.32 Å². The van der Waals surface area contributed by atoms with E-state index < -0.39 is 10.8 Å². The van der Waals surface area contributed by atoms with Crippen molar-refractivity contribution >= 4 is 33.2 Å². The van der Waals surface area contributed by atoms with Gasteiger partial charge in [0.05, 0.1) is 9.40 Å². The normalized spacial score (nSPS) is 10.1. The Kier molecular flexibility index (Phi) is 3.99. The summed E-state index contributed by atoms with van der Waals surface area (Å²) in [6.45, 7) is 0. The van der Waals surface area contributed by atoms with Gasteiger partial charge < -0.3 is 10.4 Å². The smallest absolute Gasteiger partial charge is 0.271 e. The average molecular weight is 337 g/mol. The average Bonchev–Trinajstić information content (AvgIpc) is 2.42. The number of halogens is 1. The number of rotatable bonds is 3. The summed E-state index contributed by atoms with van der Waals surface area (Å²) < 4.78 is 0.393. The molecule has 0 aromatic heterocycles. The van der Waals surface area contributed by atoms with Crippen molar-refractivity contribution in [3.63, 3.8) is 0 Å². The Morgan fingerprint density at radius 3 is 2.65 bits per heavy atom. The number of hydrogen-bond donors (Lipinski definition) is 2. The minimum Gasteiger partial charge on any atom is -0.507 e. The number of nitrogens with zero attached hydrogens (tertiary/aromatic N) is 1. The van der Waals surface area contributed by atoms with E-state index in [0.29, 0.717) is 15.7 Å². The predicted octanol–water partition coefficient (Wildman–Crippen LogP) is 3.32. The van der Waals surface area contributed by atoms with Crippen LogP contribution in [-0.4, -0.2) is 15.9 Å². The number of hydrogen-bond acceptors (Lipinski definition) is 4. The molecular formula is C13H9BrN2O4. The van der Waals surface area contributed by atoms with Gasteiger partial charge in [-0.15, -0.1) is 0 Å². The number of carbonyl (C=O) groups is 1. The van der Waals surface area contributed by atoms with Gasteiger partial charge in [0.15, 0.2) is 0 Å². The third kappa shape index (κ3) is 3.12. The van der Waals surface area contributed by atoms with Gasteiger partial charge in [-0.25, -0.2) is 0 Å². The lowest BCUT2D eigenvalue weighted by atomic mass is 10.2. The first-order chi connectivity index (χ1) is 9.47. The number of phenols is 1. The highest BCUT2D eigenvalue weighted by atomic mass is 79.9. The van der Waals surface area contributed by atoms with Crippen LogP contribution in [0.4, 0.5) is 11.4 Å². The Hall–Kier alpha value is -2.41. The van der Waals surface area contributed by atoms with Gasteiger partial charge in [0, 0.05) is 23.4 Å². The molecule has 2 rings (SSSR count). The van der Waals surface area contributed by atoms with Crippen LogP contribution in [-0.2, 0) is 0 Å². The largest absolute Gasteiger partial charge is 0.507 e. The third-order valence-electron chi connectivity index (χ3n) is 2.52. The van der Waals surface area contributed by atoms with Crippen molar-refractivity contribution in [1.29, 1.82) is 0 Å². The van der Waals surface area contributed by atoms with Crippen molar-refractivity contribution in [2.24, 2.45) is 0 Å². The van der Waals surface area contributed by atoms with E-state index in [2.05, 4.69) is 21.2 Å². The van der Waals surface area contributed by atoms with Gasteiger partial charge in [-0.05, 0) is 40.2 Å². The number of aromatic hydroxyl groups is 1. The second-order valence-corrected chi connectivity index (χ2v) is 4.78. The van der Waals surface area contributed by atoms with E-state index in [1.807, 2.05) is 0 Å². The number of non-ortho nitro benzene ring substituents is 1. The molecule has 0 spiro atoms. The maximum Gasteiger partial charge on any atom is 0.271 e. The van der Waals surface area contributed by atoms with E-state index in [-0.39, 0.29) is 11.4 Å². The number of benzene rings is 2. The van der Waals surface area contributed by atoms with Gasteiger partial charge in [0.1, 0.15) is 5.75 Å². The summed E-state index contributed by atoms with van der Waals surface area (Å²) in [5.74, 6) is -0.400. The van der Waals surface area contributed by atoms with Crippen molar-refractivity contribution in [3.8, 4) is 5.75 Å². The Morgan fingerprint density at radius 1 is 1.25 bits per heavy atom. The lowest BCUT2D eigenvalue weighted by molar-refractivity contribution is -0.384. The summed E-state index contributed by atoms with van der Waals surface area (Å²) in [5.41, 5.74) is 0.546. The summed E-state index contributed by atoms with van der Waals surface area (Å²) >= 11 is 3.11. The van der Waals surface area contributed by atoms with E-state index >= 15 is 0 Å². The highest BCUT2D eigenvalue weighted by Gasteiger charge is 2.11. The molecule has 20 heavy (non-hydrogen) atoms. The topological polar surface area (TPSA) is 92.5 Å². The fourth-order valence-corrected chi connectivity index (χ4v) is 1.93. The number of amides is 1. The minimum atomic E-state index is -0.535. The summed E-state index contributed by atoms with van der Waals surface area (Å²) in [6, 6.07) is 9.95. The number of phenolic OH excluding ortho intramolecular Hbond substituents is 1. The summed E-state index contributed by atoms with van der Waals surface area (Å²) in [7, 11) is 0. The summed E-state index contributed by atoms with van der Waals surface area (Å²) in [6.07, 6.45) is 0. The molecule has 0 heterocycles. The lowest BCUT2D eigenvalue weighted by Gasteiger charge is -2.06. The number of nitrogens with one attached hydrogen (secondary N) is 1. The zero-order valence-electron chi connectivity index (χ0n) is 10.0. The fraction of sp³-hybridized carbons (Fsp3) is 0. The van der Waals surface area contributed by atoms with E-state index in [1.54, 1.807) is 6.07 Å². The zero-order valence-corrected chi connectivity index (χ0v) is 11.6. The van der Waals surface area contributed by atoms with Crippen molar-refractivity contribution < 1.29 is 14.8 Å². The Labute approximate surface area is 122 Å². The van der Waals surface area contributed by atoms with Crippen LogP contribution in [0.5, 0.6) is 5.75 Å². The van der Waals surface area contributed by atoms with Gasteiger partial charge in [-0.3, -0.25) is 14.9 Å². The van der Waals surface area contributed by atoms with Gasteiger partial charge in [-0.2, -0.15) is 0 Å². The van der Waals surface area contributed by atoms with Crippen LogP contribution in [0.1, 0.15) is 10.4 Å². The molecule has 1 amide bonds. The fourth-order valence-electron chi connectivity index (χ4n) is 1.55. The molecule has 0 saturated heterocycles. The van der Waals surface area contributed by atoms with Crippen LogP contribution < -0.4 is 5.32 Å². The van der Waals surface area contributed by atoms with E-state index in [1.165, 1.54) is 36.4 Å². The number of anilines is 1. The van der Waals surface area contributed by atoms with Crippen LogP contribution >= 0.6 is 15.9 Å². The van der Waals surface area contributed by atoms with Crippen LogP contribution in [0.2, 0.25) is 0 Å². The third-order valence-corrected chi connectivity index (χ3v) is 3.16. The first kappa shape index (κ1) is 14.0. The molecule has 2 aromatic rings. The molecule has 0 unspecified atom stereocenters. The number of nitro groups is 1. The monoisotopic (exact) mass is 336 g/mol. The predicted molar refractivity (Wildman–Crippen MR) is 76.9 cm³/mol. The highest BCUT2D eigenvalue weighted by Crippen LogP contribution is 2.25. The maximum absolute atomic E-state index is 12.0. The van der Waals surface area contributed by atoms with Crippen LogP contribution in [0.3, 0.4) is 0 Å². The van der Waals surface area contributed by atoms with Crippen molar-refractivity contribution in [3.05, 3.63) is 62.6 Å². The van der Waals surface area contributed by atoms with E-state index in [0.717, 1.165) is 0 Å². The number of carbonyl (C=O) groups excluding carboxylic acids is 1. The Morgan fingerprint density at radius 2 is 2.00 bits per heavy atom. The maximum atomic E-state index is 12.0. The summed E-state index contributed by atoms with van der Waals surface area (Å²) in [5, 5.41) is 22.6. The van der Waals surface area contributed by atoms with E-state index in [4.69, 9.17) is 0 Å². The zero-order chi connectivity index (χ0) is 14.7. The van der Waals surface area contributed by atoms with Crippen LogP contribution in [0, 0.1) is 10.1 Å². The van der Waals surface area contributed by atoms with E-state index in [9.17, 15) is 20.0 Å². The van der Waals surface area contributed by atoms with Crippen molar-refractivity contribution in [1.82, 2.24) is 0 Å². The molecule has 0 fully saturated rings. The number of nitro benzene ring substituents is 1. The lowest BCUT2D eigenvalue weighted by Crippen LogP contribution is -2.11. The molecule has 0 atom stereocenters. The molecule has 0 bridgehead atoms. The quantitative estimate of drug-likeness (QED) is 0.664. The van der Waals surface area contributed by atoms with Crippen LogP contribution in [0.15, 0.2) is 46.9 Å². The second kappa shape index (κ2) is 5.70. The SMILES string of the molecule is O=C(Nc1cccc([N+](=O)[O-])c1)c1ccc(O)c(Br)c1. The molecule has 6 nitrogen and oxygen atoms in total. The van der Waals surface area contributed by atoms with Crippen molar-refractivity contribution in [2.45, 2.75) is 0 Å². The summed E-state index contributed by atoms with van der Waals surface area (Å²) in [4.78, 5) is 22.1. The Balaban J connectivity index is 2.21. The molecule has 0 aliphatic carbocycles. The molecule has 0 aliphatic heterocycles. The minimum absolute atomic E-state index is 0.0249. The molecule has 2 N–H and O–H groups in total. The molecule has 2 aromatic carbocycles. The molecule has 0 aliphatic rings. The molecule has 0 saturated carbocycles. The van der Waals surface area contributed by atoms with Gasteiger partial charge in [0.2, 0.25) is 0 Å². The molecular weight excluding hydrogens is 328 g/mol. The molecule has 7 heteroatoms. The van der Waals surface area contributed by atoms with Gasteiger partial charge in [-0.1, -0.05) is 6.07 Å². The first-order valence-corrected chi connectivity index (χ1v) is 6.31. The molecule has 0 radical (unpaired) electrons. The highest BCUT2D eigenvalue weighted by molar-refractivity contribution is 9.10. The first-order valence-electron chi connectivity index (χ1n) is 5.51. The van der Waals surface area contributed by atoms with Gasteiger partial charge >= 0.3 is 0 Å². The second-order valence-electron chi connectivity index (χ2n) is 3.93. The van der Waals surface area contributed by atoms with Gasteiger partial charge in [0.25, 0.3) is 11.6 Å². The standard InChI is InChI=1S/C13H9BrN2O4/c14-11-6-8(4-5-12(11)17)13(18)15-9-2-1-3-10(7-9)16(19)20/h1-7,17H,(H,15,18).